The molecule has 100 valence electrons. The van der Waals surface area contributed by atoms with E-state index in [-0.39, 0.29) is 5.82 Å². The van der Waals surface area contributed by atoms with Gasteiger partial charge >= 0.3 is 0 Å². The maximum Gasteiger partial charge on any atom is 0.216 e. The molecule has 1 atom stereocenters. The minimum absolute atomic E-state index is 0.254. The number of hydrogen-bond acceptors (Lipinski definition) is 4. The summed E-state index contributed by atoms with van der Waals surface area (Å²) < 4.78 is 19.0. The van der Waals surface area contributed by atoms with Crippen molar-refractivity contribution in [2.24, 2.45) is 5.73 Å². The third-order valence-electron chi connectivity index (χ3n) is 2.96. The molecule has 0 spiro atoms. The molecule has 1 aromatic carbocycles. The number of aromatic nitrogens is 2. The molecule has 0 saturated carbocycles. The van der Waals surface area contributed by atoms with Gasteiger partial charge in [0.2, 0.25) is 5.88 Å². The first-order chi connectivity index (χ1) is 9.11. The summed E-state index contributed by atoms with van der Waals surface area (Å²) in [5.74, 6) is 0.220. The highest BCUT2D eigenvalue weighted by Crippen LogP contribution is 2.21. The van der Waals surface area contributed by atoms with Crippen LogP contribution in [-0.4, -0.2) is 17.1 Å². The number of halogens is 1. The first kappa shape index (κ1) is 13.4. The van der Waals surface area contributed by atoms with Crippen LogP contribution in [0.5, 0.6) is 5.88 Å². The van der Waals surface area contributed by atoms with E-state index in [0.717, 1.165) is 5.69 Å². The Morgan fingerprint density at radius 1 is 1.37 bits per heavy atom. The molecule has 2 rings (SSSR count). The zero-order valence-electron chi connectivity index (χ0n) is 10.9. The highest BCUT2D eigenvalue weighted by molar-refractivity contribution is 5.28. The van der Waals surface area contributed by atoms with Crippen molar-refractivity contribution in [1.29, 1.82) is 0 Å². The molecule has 0 bridgehead atoms. The minimum atomic E-state index is -0.445. The zero-order chi connectivity index (χ0) is 13.8. The van der Waals surface area contributed by atoms with Crippen molar-refractivity contribution in [3.63, 3.8) is 0 Å². The highest BCUT2D eigenvalue weighted by Gasteiger charge is 2.14. The molecule has 0 fully saturated rings. The SMILES string of the molecule is COc1cc(CC(N)c2cccc(C)c2F)ncn1. The summed E-state index contributed by atoms with van der Waals surface area (Å²) in [6, 6.07) is 6.48. The Kier molecular flexibility index (Phi) is 4.06. The predicted molar refractivity (Wildman–Crippen MR) is 70.4 cm³/mol. The molecular formula is C14H16FN3O. The van der Waals surface area contributed by atoms with E-state index >= 15 is 0 Å². The largest absolute Gasteiger partial charge is 0.481 e. The highest BCUT2D eigenvalue weighted by atomic mass is 19.1. The van der Waals surface area contributed by atoms with Crippen LogP contribution in [0.25, 0.3) is 0 Å². The number of ether oxygens (including phenoxy) is 1. The number of nitrogens with zero attached hydrogens (tertiary/aromatic N) is 2. The van der Waals surface area contributed by atoms with Crippen LogP contribution in [-0.2, 0) is 6.42 Å². The predicted octanol–water partition coefficient (Wildman–Crippen LogP) is 2.18. The van der Waals surface area contributed by atoms with Crippen LogP contribution in [0.1, 0.15) is 22.9 Å². The molecule has 0 aliphatic rings. The van der Waals surface area contributed by atoms with Crippen molar-refractivity contribution in [3.8, 4) is 5.88 Å². The minimum Gasteiger partial charge on any atom is -0.481 e. The van der Waals surface area contributed by atoms with Gasteiger partial charge in [-0.15, -0.1) is 0 Å². The van der Waals surface area contributed by atoms with E-state index in [9.17, 15) is 4.39 Å². The lowest BCUT2D eigenvalue weighted by atomic mass is 10.00. The Morgan fingerprint density at radius 2 is 2.16 bits per heavy atom. The van der Waals surface area contributed by atoms with Crippen LogP contribution in [0.3, 0.4) is 0 Å². The Bertz CT molecular complexity index is 574. The molecule has 1 heterocycles. The van der Waals surface area contributed by atoms with E-state index in [1.54, 1.807) is 31.2 Å². The fraction of sp³-hybridized carbons (Fsp3) is 0.286. The summed E-state index contributed by atoms with van der Waals surface area (Å²) in [6.45, 7) is 1.72. The van der Waals surface area contributed by atoms with E-state index in [2.05, 4.69) is 9.97 Å². The van der Waals surface area contributed by atoms with Crippen LogP contribution in [0, 0.1) is 12.7 Å². The van der Waals surface area contributed by atoms with Gasteiger partial charge in [0.25, 0.3) is 0 Å². The summed E-state index contributed by atoms with van der Waals surface area (Å²) in [6.07, 6.45) is 1.84. The molecule has 0 saturated heterocycles. The number of methoxy groups -OCH3 is 1. The second-order valence-corrected chi connectivity index (χ2v) is 4.34. The third-order valence-corrected chi connectivity index (χ3v) is 2.96. The van der Waals surface area contributed by atoms with Gasteiger partial charge in [0.1, 0.15) is 12.1 Å². The quantitative estimate of drug-likeness (QED) is 0.916. The summed E-state index contributed by atoms with van der Waals surface area (Å²) in [5.41, 5.74) is 7.86. The van der Waals surface area contributed by atoms with Crippen molar-refractivity contribution >= 4 is 0 Å². The molecule has 0 radical (unpaired) electrons. The fourth-order valence-electron chi connectivity index (χ4n) is 1.89. The average molecular weight is 261 g/mol. The van der Waals surface area contributed by atoms with E-state index < -0.39 is 6.04 Å². The van der Waals surface area contributed by atoms with Gasteiger partial charge in [0, 0.05) is 29.8 Å². The van der Waals surface area contributed by atoms with Gasteiger partial charge in [-0.05, 0) is 12.5 Å². The Hall–Kier alpha value is -2.01. The Balaban J connectivity index is 2.20. The molecule has 2 N–H and O–H groups in total. The molecule has 1 unspecified atom stereocenters. The zero-order valence-corrected chi connectivity index (χ0v) is 10.9. The second kappa shape index (κ2) is 5.75. The lowest BCUT2D eigenvalue weighted by Crippen LogP contribution is -2.16. The first-order valence-electron chi connectivity index (χ1n) is 5.97. The van der Waals surface area contributed by atoms with Crippen molar-refractivity contribution in [2.45, 2.75) is 19.4 Å². The molecule has 2 aromatic rings. The van der Waals surface area contributed by atoms with Gasteiger partial charge in [-0.25, -0.2) is 14.4 Å². The van der Waals surface area contributed by atoms with Crippen molar-refractivity contribution in [3.05, 3.63) is 53.2 Å². The first-order valence-corrected chi connectivity index (χ1v) is 5.97. The number of hydrogen-bond donors (Lipinski definition) is 1. The van der Waals surface area contributed by atoms with Gasteiger partial charge in [-0.1, -0.05) is 18.2 Å². The molecule has 0 amide bonds. The molecule has 5 heteroatoms. The van der Waals surface area contributed by atoms with Gasteiger partial charge in [-0.2, -0.15) is 0 Å². The summed E-state index contributed by atoms with van der Waals surface area (Å²) >= 11 is 0. The molecule has 0 aliphatic carbocycles. The molecule has 0 aliphatic heterocycles. The van der Waals surface area contributed by atoms with Crippen molar-refractivity contribution < 1.29 is 9.13 Å². The lowest BCUT2D eigenvalue weighted by molar-refractivity contribution is 0.395. The third kappa shape index (κ3) is 3.06. The molecular weight excluding hydrogens is 245 g/mol. The maximum absolute atomic E-state index is 14.0. The van der Waals surface area contributed by atoms with Crippen molar-refractivity contribution in [1.82, 2.24) is 9.97 Å². The maximum atomic E-state index is 14.0. The summed E-state index contributed by atoms with van der Waals surface area (Å²) in [7, 11) is 1.53. The van der Waals surface area contributed by atoms with Gasteiger partial charge < -0.3 is 10.5 Å². The van der Waals surface area contributed by atoms with E-state index in [0.29, 0.717) is 23.4 Å². The molecule has 1 aromatic heterocycles. The standard InChI is InChI=1S/C14H16FN3O/c1-9-4-3-5-11(14(9)15)12(16)6-10-7-13(19-2)18-8-17-10/h3-5,7-8,12H,6,16H2,1-2H3. The van der Waals surface area contributed by atoms with Crippen LogP contribution in [0.4, 0.5) is 4.39 Å². The molecule has 19 heavy (non-hydrogen) atoms. The number of rotatable bonds is 4. The second-order valence-electron chi connectivity index (χ2n) is 4.34. The summed E-state index contributed by atoms with van der Waals surface area (Å²) in [5, 5.41) is 0. The van der Waals surface area contributed by atoms with Gasteiger partial charge in [0.05, 0.1) is 7.11 Å². The van der Waals surface area contributed by atoms with E-state index in [1.807, 2.05) is 0 Å². The van der Waals surface area contributed by atoms with E-state index in [4.69, 9.17) is 10.5 Å². The Morgan fingerprint density at radius 3 is 2.89 bits per heavy atom. The number of nitrogens with two attached hydrogens (primary N) is 1. The summed E-state index contributed by atoms with van der Waals surface area (Å²) in [4.78, 5) is 8.03. The van der Waals surface area contributed by atoms with Crippen molar-refractivity contribution in [2.75, 3.05) is 7.11 Å². The smallest absolute Gasteiger partial charge is 0.216 e. The monoisotopic (exact) mass is 261 g/mol. The lowest BCUT2D eigenvalue weighted by Gasteiger charge is -2.14. The van der Waals surface area contributed by atoms with Crippen LogP contribution in [0.2, 0.25) is 0 Å². The molecule has 4 nitrogen and oxygen atoms in total. The normalized spacial score (nSPS) is 12.2. The number of benzene rings is 1. The van der Waals surface area contributed by atoms with Gasteiger partial charge in [0.15, 0.2) is 0 Å². The van der Waals surface area contributed by atoms with Gasteiger partial charge in [-0.3, -0.25) is 0 Å². The number of aryl methyl sites for hydroxylation is 1. The van der Waals surface area contributed by atoms with Crippen LogP contribution >= 0.6 is 0 Å². The van der Waals surface area contributed by atoms with Crippen LogP contribution in [0.15, 0.2) is 30.6 Å². The van der Waals surface area contributed by atoms with E-state index in [1.165, 1.54) is 13.4 Å². The fourth-order valence-corrected chi connectivity index (χ4v) is 1.89. The average Bonchev–Trinajstić information content (AvgIpc) is 2.42. The van der Waals surface area contributed by atoms with Crippen LogP contribution < -0.4 is 10.5 Å². The topological polar surface area (TPSA) is 61.0 Å². The Labute approximate surface area is 111 Å².